The first kappa shape index (κ1) is 29.6. The largest absolute Gasteiger partial charge is 0.307 e. The highest BCUT2D eigenvalue weighted by Gasteiger charge is 2.22. The second-order valence-electron chi connectivity index (χ2n) is 12.0. The van der Waals surface area contributed by atoms with Crippen LogP contribution in [0.3, 0.4) is 0 Å². The molecule has 7 aromatic carbocycles. The van der Waals surface area contributed by atoms with Crippen molar-refractivity contribution in [2.75, 3.05) is 0 Å². The van der Waals surface area contributed by atoms with Gasteiger partial charge in [0.15, 0.2) is 0 Å². The first-order valence-corrected chi connectivity index (χ1v) is 17.1. The van der Waals surface area contributed by atoms with Gasteiger partial charge in [0.1, 0.15) is 0 Å². The van der Waals surface area contributed by atoms with E-state index in [-0.39, 0.29) is 0 Å². The van der Waals surface area contributed by atoms with E-state index in [1.54, 1.807) is 0 Å². The molecule has 0 spiro atoms. The third-order valence-corrected chi connectivity index (χ3v) is 10.5. The van der Waals surface area contributed by atoms with Crippen LogP contribution in [0.2, 0.25) is 0 Å². The van der Waals surface area contributed by atoms with Crippen molar-refractivity contribution in [2.24, 2.45) is 4.99 Å². The molecule has 2 heterocycles. The number of para-hydroxylation sites is 1. The van der Waals surface area contributed by atoms with Gasteiger partial charge >= 0.3 is 0 Å². The van der Waals surface area contributed by atoms with Gasteiger partial charge in [0.25, 0.3) is 0 Å². The minimum atomic E-state index is 0.905. The third kappa shape index (κ3) is 4.83. The monoisotopic (exact) mass is 634 g/mol. The quantitative estimate of drug-likeness (QED) is 0.102. The molecule has 0 aliphatic rings. The number of hydrogen-bond acceptors (Lipinski definition) is 2. The van der Waals surface area contributed by atoms with Gasteiger partial charge in [-0.3, -0.25) is 4.99 Å². The van der Waals surface area contributed by atoms with Crippen molar-refractivity contribution in [1.82, 2.24) is 4.57 Å². The summed E-state index contributed by atoms with van der Waals surface area (Å²) in [6.07, 6.45) is 2.97. The number of nitrogens with zero attached hydrogens (tertiary/aromatic N) is 2. The molecule has 0 radical (unpaired) electrons. The topological polar surface area (TPSA) is 17.3 Å². The van der Waals surface area contributed by atoms with Crippen LogP contribution in [0.25, 0.3) is 74.8 Å². The van der Waals surface area contributed by atoms with Crippen molar-refractivity contribution in [3.63, 3.8) is 0 Å². The fourth-order valence-electron chi connectivity index (χ4n) is 7.07. The molecule has 0 aliphatic carbocycles. The molecule has 0 N–H and O–H groups in total. The van der Waals surface area contributed by atoms with E-state index in [0.717, 1.165) is 34.3 Å². The minimum absolute atomic E-state index is 0.905. The van der Waals surface area contributed by atoms with Gasteiger partial charge in [-0.1, -0.05) is 141 Å². The van der Waals surface area contributed by atoms with Crippen molar-refractivity contribution in [3.05, 3.63) is 169 Å². The molecule has 0 unspecified atom stereocenters. The van der Waals surface area contributed by atoms with Gasteiger partial charge in [-0.05, 0) is 58.6 Å². The molecule has 0 aliphatic heterocycles. The summed E-state index contributed by atoms with van der Waals surface area (Å²) in [5.41, 5.74) is 6.55. The Morgan fingerprint density at radius 3 is 1.85 bits per heavy atom. The Hall–Kier alpha value is -5.77. The Labute approximate surface area is 284 Å². The molecular formula is C45H34N2S. The van der Waals surface area contributed by atoms with E-state index in [9.17, 15) is 0 Å². The van der Waals surface area contributed by atoms with Gasteiger partial charge in [0.2, 0.25) is 0 Å². The van der Waals surface area contributed by atoms with Gasteiger partial charge in [-0.2, -0.15) is 0 Å². The first-order chi connectivity index (χ1) is 23.7. The van der Waals surface area contributed by atoms with E-state index < -0.39 is 0 Å². The van der Waals surface area contributed by atoms with Gasteiger partial charge < -0.3 is 4.57 Å². The van der Waals surface area contributed by atoms with Crippen molar-refractivity contribution in [1.29, 1.82) is 0 Å². The average molecular weight is 635 g/mol. The van der Waals surface area contributed by atoms with Crippen LogP contribution in [-0.2, 0) is 6.42 Å². The Morgan fingerprint density at radius 2 is 1.19 bits per heavy atom. The summed E-state index contributed by atoms with van der Waals surface area (Å²) >= 11 is 1.89. The maximum absolute atomic E-state index is 4.52. The van der Waals surface area contributed by atoms with Gasteiger partial charge in [-0.25, -0.2) is 0 Å². The normalized spacial score (nSPS) is 11.8. The summed E-state index contributed by atoms with van der Waals surface area (Å²) in [6, 6.07) is 51.6. The molecule has 3 heteroatoms. The lowest BCUT2D eigenvalue weighted by atomic mass is 9.96. The van der Waals surface area contributed by atoms with E-state index in [4.69, 9.17) is 0 Å². The smallest absolute Gasteiger partial charge is 0.0717 e. The van der Waals surface area contributed by atoms with Gasteiger partial charge in [0, 0.05) is 41.9 Å². The van der Waals surface area contributed by atoms with Crippen LogP contribution in [0.15, 0.2) is 163 Å². The number of allylic oxidation sites excluding steroid dienone is 2. The van der Waals surface area contributed by atoms with E-state index in [0.29, 0.717) is 0 Å². The molecule has 9 rings (SSSR count). The summed E-state index contributed by atoms with van der Waals surface area (Å²) in [5.74, 6) is 0. The molecule has 0 saturated heterocycles. The number of hydrogen-bond donors (Lipinski definition) is 0. The van der Waals surface area contributed by atoms with Crippen LogP contribution in [0, 0.1) is 0 Å². The van der Waals surface area contributed by atoms with Gasteiger partial charge in [-0.15, -0.1) is 11.3 Å². The SMILES string of the molecule is C=N/C=C(\C(=C)c1ccccc1)n1c2ccccc2c2c3c(ccc21)sc1c2ccccc2c2ccccc2c13.CCc1ccccc1. The fourth-order valence-corrected chi connectivity index (χ4v) is 8.33. The Bertz CT molecular complexity index is 2670. The molecular weight excluding hydrogens is 601 g/mol. The summed E-state index contributed by atoms with van der Waals surface area (Å²) in [7, 11) is 0. The lowest BCUT2D eigenvalue weighted by molar-refractivity contribution is 1.14. The fraction of sp³-hybridized carbons (Fsp3) is 0.0444. The van der Waals surface area contributed by atoms with Crippen LogP contribution in [-0.4, -0.2) is 11.3 Å². The highest BCUT2D eigenvalue weighted by atomic mass is 32.1. The number of fused-ring (bicyclic) bond motifs is 12. The van der Waals surface area contributed by atoms with Crippen molar-refractivity contribution in [3.8, 4) is 0 Å². The zero-order chi connectivity index (χ0) is 32.6. The van der Waals surface area contributed by atoms with Gasteiger partial charge in [0.05, 0.1) is 22.9 Å². The molecule has 9 aromatic rings. The molecule has 0 bridgehead atoms. The molecule has 230 valence electrons. The molecule has 48 heavy (non-hydrogen) atoms. The Morgan fingerprint density at radius 1 is 0.604 bits per heavy atom. The molecule has 2 nitrogen and oxygen atoms in total. The predicted molar refractivity (Wildman–Crippen MR) is 212 cm³/mol. The standard InChI is InChI=1S/C37H24N2S.C8H10/c1-23(24-12-4-3-5-13-24)32(22-38-2)39-30-19-11-10-18-29(30)34-31(39)20-21-33-36(34)35-27-16-8-6-14-25(27)26-15-7-9-17-28(26)37(35)40-33;1-2-8-6-4-3-5-7-8/h3-22H,1-2H2;3-7H,2H2,1H3/b32-22+;. The molecule has 0 atom stereocenters. The highest BCUT2D eigenvalue weighted by Crippen LogP contribution is 2.48. The predicted octanol–water partition coefficient (Wildman–Crippen LogP) is 12.9. The van der Waals surface area contributed by atoms with Crippen molar-refractivity contribution >= 4 is 92.8 Å². The number of rotatable bonds is 5. The second-order valence-corrected chi connectivity index (χ2v) is 13.0. The highest BCUT2D eigenvalue weighted by molar-refractivity contribution is 7.27. The summed E-state index contributed by atoms with van der Waals surface area (Å²) < 4.78 is 4.94. The molecule has 2 aromatic heterocycles. The average Bonchev–Trinajstić information content (AvgIpc) is 3.71. The summed E-state index contributed by atoms with van der Waals surface area (Å²) in [5, 5.41) is 10.3. The molecule has 0 fully saturated rings. The van der Waals surface area contributed by atoms with Crippen LogP contribution < -0.4 is 0 Å². The van der Waals surface area contributed by atoms with E-state index in [1.807, 2.05) is 41.8 Å². The van der Waals surface area contributed by atoms with Crippen LogP contribution in [0.1, 0.15) is 18.1 Å². The summed E-state index contributed by atoms with van der Waals surface area (Å²) in [4.78, 5) is 4.24. The van der Waals surface area contributed by atoms with Crippen LogP contribution >= 0.6 is 11.3 Å². The zero-order valence-electron chi connectivity index (χ0n) is 26.9. The number of aliphatic imine (C=N–C) groups is 1. The third-order valence-electron chi connectivity index (χ3n) is 9.28. The number of aromatic nitrogens is 1. The minimum Gasteiger partial charge on any atom is -0.307 e. The van der Waals surface area contributed by atoms with E-state index >= 15 is 0 Å². The summed E-state index contributed by atoms with van der Waals surface area (Å²) in [6.45, 7) is 10.5. The maximum Gasteiger partial charge on any atom is 0.0717 e. The Balaban J connectivity index is 0.000000371. The van der Waals surface area contributed by atoms with E-state index in [1.165, 1.54) is 58.1 Å². The lowest BCUT2D eigenvalue weighted by Gasteiger charge is -2.15. The van der Waals surface area contributed by atoms with Crippen molar-refractivity contribution in [2.45, 2.75) is 13.3 Å². The van der Waals surface area contributed by atoms with Crippen LogP contribution in [0.5, 0.6) is 0 Å². The lowest BCUT2D eigenvalue weighted by Crippen LogP contribution is -1.99. The first-order valence-electron chi connectivity index (χ1n) is 16.3. The van der Waals surface area contributed by atoms with Crippen LogP contribution in [0.4, 0.5) is 0 Å². The number of aryl methyl sites for hydroxylation is 1. The maximum atomic E-state index is 4.52. The van der Waals surface area contributed by atoms with Crippen molar-refractivity contribution < 1.29 is 0 Å². The Kier molecular flexibility index (Phi) is 7.68. The molecule has 0 saturated carbocycles. The van der Waals surface area contributed by atoms with E-state index in [2.05, 4.69) is 151 Å². The zero-order valence-corrected chi connectivity index (χ0v) is 27.7. The number of thiophene rings is 1. The molecule has 0 amide bonds. The number of benzene rings is 7. The second kappa shape index (κ2) is 12.4.